The van der Waals surface area contributed by atoms with Gasteiger partial charge in [0, 0.05) is 46.6 Å². The number of hydrogen-bond donors (Lipinski definition) is 0. The zero-order chi connectivity index (χ0) is 12.0. The van der Waals surface area contributed by atoms with E-state index in [1.165, 1.54) is 0 Å². The van der Waals surface area contributed by atoms with E-state index in [-0.39, 0.29) is 0 Å². The molecule has 0 aromatic heterocycles. The summed E-state index contributed by atoms with van der Waals surface area (Å²) in [5.41, 5.74) is 0.910. The Kier molecular flexibility index (Phi) is 5.77. The molecule has 0 heterocycles. The van der Waals surface area contributed by atoms with Gasteiger partial charge in [-0.3, -0.25) is 4.21 Å². The molecule has 0 saturated heterocycles. The first-order valence-electron chi connectivity index (χ1n) is 4.99. The van der Waals surface area contributed by atoms with Crippen LogP contribution in [0.15, 0.2) is 29.2 Å². The van der Waals surface area contributed by atoms with Crippen LogP contribution in [0.2, 0.25) is 0 Å². The van der Waals surface area contributed by atoms with Gasteiger partial charge < -0.3 is 4.90 Å². The molecule has 90 valence electrons. The van der Waals surface area contributed by atoms with Crippen molar-refractivity contribution in [2.45, 2.75) is 4.90 Å². The van der Waals surface area contributed by atoms with Crippen LogP contribution >= 0.6 is 11.6 Å². The van der Waals surface area contributed by atoms with Crippen molar-refractivity contribution in [2.24, 2.45) is 0 Å². The summed E-state index contributed by atoms with van der Waals surface area (Å²) in [6, 6.07) is 7.29. The smallest absolute Gasteiger partial charge is 0.107 e. The highest BCUT2D eigenvalue weighted by Gasteiger charge is 2.06. The molecule has 0 N–H and O–H groups in total. The van der Waals surface area contributed by atoms with Crippen LogP contribution in [0.25, 0.3) is 0 Å². The Bertz CT molecular complexity index is 338. The quantitative estimate of drug-likeness (QED) is 0.734. The van der Waals surface area contributed by atoms with E-state index in [4.69, 9.17) is 11.6 Å². The zero-order valence-corrected chi connectivity index (χ0v) is 10.7. The lowest BCUT2D eigenvalue weighted by Gasteiger charge is -2.22. The van der Waals surface area contributed by atoms with Gasteiger partial charge in [0.05, 0.1) is 0 Å². The second-order valence-corrected chi connectivity index (χ2v) is 5.07. The maximum Gasteiger partial charge on any atom is 0.107 e. The van der Waals surface area contributed by atoms with Crippen molar-refractivity contribution in [3.05, 3.63) is 24.3 Å². The fourth-order valence-corrected chi connectivity index (χ4v) is 2.15. The first-order valence-corrected chi connectivity index (χ1v) is 7.08. The SMILES string of the molecule is CS(=O)c1ccc(N(CC[18F])CCCl)cc1. The molecule has 0 aliphatic heterocycles. The van der Waals surface area contributed by atoms with Gasteiger partial charge in [-0.05, 0) is 24.3 Å². The predicted octanol–water partition coefficient (Wildman–Crippen LogP) is 2.44. The lowest BCUT2D eigenvalue weighted by atomic mass is 10.3. The fraction of sp³-hybridized carbons (Fsp3) is 0.455. The van der Waals surface area contributed by atoms with Gasteiger partial charge >= 0.3 is 0 Å². The second kappa shape index (κ2) is 6.86. The van der Waals surface area contributed by atoms with Crippen LogP contribution in [-0.4, -0.2) is 36.1 Å². The van der Waals surface area contributed by atoms with Gasteiger partial charge in [0.1, 0.15) is 6.67 Å². The molecule has 1 aromatic carbocycles. The first kappa shape index (κ1) is 13.5. The normalized spacial score (nSPS) is 12.4. The minimum atomic E-state index is -0.977. The van der Waals surface area contributed by atoms with Gasteiger partial charge in [-0.2, -0.15) is 0 Å². The van der Waals surface area contributed by atoms with Crippen molar-refractivity contribution < 1.29 is 8.60 Å². The summed E-state index contributed by atoms with van der Waals surface area (Å²) in [5.74, 6) is 0.460. The molecule has 0 bridgehead atoms. The third kappa shape index (κ3) is 3.76. The second-order valence-electron chi connectivity index (χ2n) is 3.31. The molecule has 0 saturated carbocycles. The molecule has 16 heavy (non-hydrogen) atoms. The molecule has 0 amide bonds. The Morgan fingerprint density at radius 3 is 2.38 bits per heavy atom. The number of halogens is 2. The number of nitrogens with zero attached hydrogens (tertiary/aromatic N) is 1. The Balaban J connectivity index is 2.80. The third-order valence-corrected chi connectivity index (χ3v) is 3.35. The van der Waals surface area contributed by atoms with Gasteiger partial charge in [-0.25, -0.2) is 4.39 Å². The Labute approximate surface area is 103 Å². The molecular formula is C11H15ClFNOS. The number of hydrogen-bond acceptors (Lipinski definition) is 2. The number of benzene rings is 1. The minimum absolute atomic E-state index is 0.335. The molecule has 1 aromatic rings. The molecule has 1 rings (SSSR count). The Morgan fingerprint density at radius 2 is 1.94 bits per heavy atom. The average molecular weight is 263 g/mol. The van der Waals surface area contributed by atoms with Crippen LogP contribution in [-0.2, 0) is 10.8 Å². The third-order valence-electron chi connectivity index (χ3n) is 2.24. The van der Waals surface area contributed by atoms with Crippen molar-refractivity contribution in [3.8, 4) is 0 Å². The van der Waals surface area contributed by atoms with E-state index in [0.29, 0.717) is 19.0 Å². The highest BCUT2D eigenvalue weighted by atomic mass is 35.5. The van der Waals surface area contributed by atoms with E-state index in [0.717, 1.165) is 10.6 Å². The van der Waals surface area contributed by atoms with Gasteiger partial charge in [0.15, 0.2) is 0 Å². The summed E-state index contributed by atoms with van der Waals surface area (Å²) in [6.07, 6.45) is 1.63. The fourth-order valence-electron chi connectivity index (χ4n) is 1.42. The van der Waals surface area contributed by atoms with Crippen LogP contribution in [0.4, 0.5) is 10.1 Å². The molecule has 0 fully saturated rings. The summed E-state index contributed by atoms with van der Waals surface area (Å²) in [5, 5.41) is 0. The maximum atomic E-state index is 12.3. The molecule has 0 aliphatic carbocycles. The zero-order valence-electron chi connectivity index (χ0n) is 9.16. The lowest BCUT2D eigenvalue weighted by molar-refractivity contribution is 0.492. The van der Waals surface area contributed by atoms with E-state index in [2.05, 4.69) is 0 Å². The van der Waals surface area contributed by atoms with Gasteiger partial charge in [0.2, 0.25) is 0 Å². The topological polar surface area (TPSA) is 20.3 Å². The van der Waals surface area contributed by atoms with Crippen LogP contribution in [0.3, 0.4) is 0 Å². The Hall–Kier alpha value is -0.610. The molecular weight excluding hydrogens is 248 g/mol. The molecule has 5 heteroatoms. The first-order chi connectivity index (χ1) is 7.69. The number of rotatable bonds is 6. The average Bonchev–Trinajstić information content (AvgIpc) is 2.29. The molecule has 2 nitrogen and oxygen atoms in total. The van der Waals surface area contributed by atoms with Crippen molar-refractivity contribution in [3.63, 3.8) is 0 Å². The van der Waals surface area contributed by atoms with Crippen molar-refractivity contribution in [1.82, 2.24) is 0 Å². The van der Waals surface area contributed by atoms with Crippen molar-refractivity contribution in [1.29, 1.82) is 0 Å². The minimum Gasteiger partial charge on any atom is -0.368 e. The molecule has 0 radical (unpaired) electrons. The van der Waals surface area contributed by atoms with E-state index in [1.807, 2.05) is 17.0 Å². The van der Waals surface area contributed by atoms with Gasteiger partial charge in [-0.15, -0.1) is 11.6 Å². The van der Waals surface area contributed by atoms with Gasteiger partial charge in [-0.1, -0.05) is 0 Å². The molecule has 0 aliphatic rings. The van der Waals surface area contributed by atoms with Crippen LogP contribution < -0.4 is 4.90 Å². The van der Waals surface area contributed by atoms with E-state index in [9.17, 15) is 8.60 Å². The standard InChI is InChI=1S/C11H15ClFNOS/c1-16(15)11-4-2-10(3-5-11)14(8-6-12)9-7-13/h2-5H,6-9H2,1H3/i13-1. The monoisotopic (exact) mass is 262 g/mol. The molecule has 1 atom stereocenters. The highest BCUT2D eigenvalue weighted by Crippen LogP contribution is 2.16. The van der Waals surface area contributed by atoms with Crippen molar-refractivity contribution in [2.75, 3.05) is 36.8 Å². The lowest BCUT2D eigenvalue weighted by Crippen LogP contribution is -2.27. The highest BCUT2D eigenvalue weighted by molar-refractivity contribution is 7.84. The van der Waals surface area contributed by atoms with E-state index < -0.39 is 17.5 Å². The number of anilines is 1. The summed E-state index contributed by atoms with van der Waals surface area (Å²) >= 11 is 5.65. The number of alkyl halides is 2. The van der Waals surface area contributed by atoms with E-state index in [1.54, 1.807) is 18.4 Å². The summed E-state index contributed by atoms with van der Waals surface area (Å²) in [4.78, 5) is 2.64. The van der Waals surface area contributed by atoms with Crippen LogP contribution in [0.1, 0.15) is 0 Å². The summed E-state index contributed by atoms with van der Waals surface area (Å²) < 4.78 is 23.5. The largest absolute Gasteiger partial charge is 0.368 e. The molecule has 0 spiro atoms. The predicted molar refractivity (Wildman–Crippen MR) is 67.7 cm³/mol. The van der Waals surface area contributed by atoms with Crippen molar-refractivity contribution >= 4 is 28.1 Å². The van der Waals surface area contributed by atoms with Gasteiger partial charge in [0.25, 0.3) is 0 Å². The van der Waals surface area contributed by atoms with Crippen LogP contribution in [0, 0.1) is 0 Å². The van der Waals surface area contributed by atoms with E-state index >= 15 is 0 Å². The maximum absolute atomic E-state index is 12.3. The summed E-state index contributed by atoms with van der Waals surface area (Å²) in [7, 11) is -0.977. The van der Waals surface area contributed by atoms with Crippen LogP contribution in [0.5, 0.6) is 0 Å². The molecule has 1 unspecified atom stereocenters. The summed E-state index contributed by atoms with van der Waals surface area (Å²) in [6.45, 7) is 0.541. The Morgan fingerprint density at radius 1 is 1.31 bits per heavy atom.